The number of amides is 4. The molecule has 0 aromatic heterocycles. The van der Waals surface area contributed by atoms with Crippen molar-refractivity contribution in [1.29, 1.82) is 0 Å². The van der Waals surface area contributed by atoms with Gasteiger partial charge in [-0.25, -0.2) is 4.79 Å². The Labute approximate surface area is 154 Å². The van der Waals surface area contributed by atoms with Crippen molar-refractivity contribution in [2.24, 2.45) is 0 Å². The number of para-hydroxylation sites is 1. The molecule has 7 heteroatoms. The number of imide groups is 1. The molecule has 26 heavy (non-hydrogen) atoms. The van der Waals surface area contributed by atoms with Gasteiger partial charge in [0.05, 0.1) is 0 Å². The number of carbonyl (C=O) groups excluding carboxylic acids is 3. The second kappa shape index (κ2) is 8.69. The van der Waals surface area contributed by atoms with Crippen molar-refractivity contribution in [3.8, 4) is 0 Å². The van der Waals surface area contributed by atoms with Gasteiger partial charge < -0.3 is 15.5 Å². The molecule has 1 saturated heterocycles. The number of anilines is 1. The highest BCUT2D eigenvalue weighted by atomic mass is 16.2. The Bertz CT molecular complexity index is 643. The molecular formula is C19H28N4O3. The lowest BCUT2D eigenvalue weighted by Crippen LogP contribution is -2.46. The highest BCUT2D eigenvalue weighted by molar-refractivity contribution is 6.08. The molecule has 0 aliphatic carbocycles. The average molecular weight is 360 g/mol. The van der Waals surface area contributed by atoms with Gasteiger partial charge in [0.25, 0.3) is 5.91 Å². The van der Waals surface area contributed by atoms with Crippen molar-refractivity contribution >= 4 is 23.5 Å². The molecule has 4 amide bonds. The molecule has 1 fully saturated rings. The third-order valence-electron chi connectivity index (χ3n) is 4.94. The van der Waals surface area contributed by atoms with E-state index < -0.39 is 11.6 Å². The van der Waals surface area contributed by atoms with Gasteiger partial charge in [-0.2, -0.15) is 0 Å². The maximum Gasteiger partial charge on any atom is 0.325 e. The summed E-state index contributed by atoms with van der Waals surface area (Å²) in [5.41, 5.74) is 0.254. The fourth-order valence-electron chi connectivity index (χ4n) is 3.10. The molecule has 1 heterocycles. The molecule has 0 radical (unpaired) electrons. The van der Waals surface area contributed by atoms with Gasteiger partial charge >= 0.3 is 6.03 Å². The second-order valence-corrected chi connectivity index (χ2v) is 6.57. The molecule has 0 spiro atoms. The Balaban J connectivity index is 1.75. The van der Waals surface area contributed by atoms with Crippen LogP contribution in [-0.4, -0.2) is 55.0 Å². The van der Waals surface area contributed by atoms with Crippen molar-refractivity contribution in [2.45, 2.75) is 38.6 Å². The number of nitrogens with one attached hydrogen (secondary N) is 2. The van der Waals surface area contributed by atoms with Gasteiger partial charge in [-0.05, 0) is 31.4 Å². The lowest BCUT2D eigenvalue weighted by Gasteiger charge is -2.23. The summed E-state index contributed by atoms with van der Waals surface area (Å²) in [6.07, 6.45) is 1.79. The zero-order valence-corrected chi connectivity index (χ0v) is 15.7. The van der Waals surface area contributed by atoms with Gasteiger partial charge in [-0.3, -0.25) is 14.5 Å². The normalized spacial score (nSPS) is 15.7. The van der Waals surface area contributed by atoms with Gasteiger partial charge in [-0.1, -0.05) is 32.0 Å². The summed E-state index contributed by atoms with van der Waals surface area (Å²) in [7, 11) is 2.00. The Morgan fingerprint density at radius 1 is 1.19 bits per heavy atom. The molecule has 1 aromatic carbocycles. The van der Waals surface area contributed by atoms with Gasteiger partial charge in [0, 0.05) is 25.8 Å². The fraction of sp³-hybridized carbons (Fsp3) is 0.526. The predicted octanol–water partition coefficient (Wildman–Crippen LogP) is 1.74. The van der Waals surface area contributed by atoms with E-state index in [1.807, 2.05) is 51.2 Å². The van der Waals surface area contributed by atoms with Crippen molar-refractivity contribution in [2.75, 3.05) is 31.6 Å². The molecule has 0 saturated carbocycles. The summed E-state index contributed by atoms with van der Waals surface area (Å²) in [5.74, 6) is -0.634. The van der Waals surface area contributed by atoms with Crippen LogP contribution in [0.3, 0.4) is 0 Å². The molecule has 2 N–H and O–H groups in total. The minimum absolute atomic E-state index is 0.235. The summed E-state index contributed by atoms with van der Waals surface area (Å²) in [5, 5.41) is 5.50. The molecule has 1 aromatic rings. The van der Waals surface area contributed by atoms with E-state index in [2.05, 4.69) is 15.5 Å². The number of rotatable bonds is 9. The van der Waals surface area contributed by atoms with E-state index in [9.17, 15) is 14.4 Å². The molecule has 0 atom stereocenters. The van der Waals surface area contributed by atoms with Crippen molar-refractivity contribution in [3.05, 3.63) is 30.3 Å². The summed E-state index contributed by atoms with van der Waals surface area (Å²) < 4.78 is 0. The third kappa shape index (κ3) is 4.33. The van der Waals surface area contributed by atoms with Crippen molar-refractivity contribution in [1.82, 2.24) is 15.5 Å². The first-order chi connectivity index (χ1) is 12.4. The highest BCUT2D eigenvalue weighted by Crippen LogP contribution is 2.24. The smallest absolute Gasteiger partial charge is 0.325 e. The Morgan fingerprint density at radius 3 is 2.42 bits per heavy atom. The third-order valence-corrected chi connectivity index (χ3v) is 4.94. The van der Waals surface area contributed by atoms with Crippen LogP contribution in [0.15, 0.2) is 30.3 Å². The maximum absolute atomic E-state index is 12.5. The van der Waals surface area contributed by atoms with Gasteiger partial charge in [0.15, 0.2) is 0 Å². The van der Waals surface area contributed by atoms with Crippen molar-refractivity contribution in [3.63, 3.8) is 0 Å². The fourth-order valence-corrected chi connectivity index (χ4v) is 3.10. The molecule has 7 nitrogen and oxygen atoms in total. The topological polar surface area (TPSA) is 81.8 Å². The van der Waals surface area contributed by atoms with E-state index in [0.717, 1.165) is 23.6 Å². The van der Waals surface area contributed by atoms with Crippen LogP contribution >= 0.6 is 0 Å². The minimum atomic E-state index is -0.865. The zero-order valence-electron chi connectivity index (χ0n) is 15.7. The predicted molar refractivity (Wildman–Crippen MR) is 101 cm³/mol. The van der Waals surface area contributed by atoms with Crippen LogP contribution in [-0.2, 0) is 9.59 Å². The first kappa shape index (κ1) is 19.8. The van der Waals surface area contributed by atoms with Crippen LogP contribution in [0.2, 0.25) is 0 Å². The largest absolute Gasteiger partial charge is 0.375 e. The number of carbonyl (C=O) groups is 3. The zero-order chi connectivity index (χ0) is 19.2. The number of urea groups is 1. The van der Waals surface area contributed by atoms with E-state index in [-0.39, 0.29) is 18.4 Å². The van der Waals surface area contributed by atoms with Gasteiger partial charge in [0.2, 0.25) is 5.91 Å². The number of hydrogen-bond donors (Lipinski definition) is 2. The molecular weight excluding hydrogens is 332 g/mol. The highest BCUT2D eigenvalue weighted by Gasteiger charge is 2.49. The quantitative estimate of drug-likeness (QED) is 0.519. The van der Waals surface area contributed by atoms with E-state index in [0.29, 0.717) is 19.4 Å². The Kier molecular flexibility index (Phi) is 6.60. The van der Waals surface area contributed by atoms with Crippen LogP contribution < -0.4 is 15.5 Å². The summed E-state index contributed by atoms with van der Waals surface area (Å²) >= 11 is 0. The monoisotopic (exact) mass is 360 g/mol. The van der Waals surface area contributed by atoms with Crippen LogP contribution in [0, 0.1) is 0 Å². The molecule has 0 unspecified atom stereocenters. The number of nitrogens with zero attached hydrogens (tertiary/aromatic N) is 2. The lowest BCUT2D eigenvalue weighted by molar-refractivity contribution is -0.135. The number of hydrogen-bond acceptors (Lipinski definition) is 4. The Hall–Kier alpha value is -2.57. The summed E-state index contributed by atoms with van der Waals surface area (Å²) in [4.78, 5) is 39.7. The second-order valence-electron chi connectivity index (χ2n) is 6.57. The summed E-state index contributed by atoms with van der Waals surface area (Å²) in [6, 6.07) is 9.52. The average Bonchev–Trinajstić information content (AvgIpc) is 2.90. The first-order valence-corrected chi connectivity index (χ1v) is 9.10. The van der Waals surface area contributed by atoms with Gasteiger partial charge in [0.1, 0.15) is 12.1 Å². The van der Waals surface area contributed by atoms with E-state index in [1.165, 1.54) is 0 Å². The van der Waals surface area contributed by atoms with Crippen LogP contribution in [0.25, 0.3) is 0 Å². The van der Waals surface area contributed by atoms with Crippen molar-refractivity contribution < 1.29 is 14.4 Å². The first-order valence-electron chi connectivity index (χ1n) is 9.10. The van der Waals surface area contributed by atoms with E-state index >= 15 is 0 Å². The molecule has 0 bridgehead atoms. The molecule has 1 aliphatic rings. The summed E-state index contributed by atoms with van der Waals surface area (Å²) in [6.45, 7) is 4.76. The molecule has 2 rings (SSSR count). The lowest BCUT2D eigenvalue weighted by atomic mass is 9.93. The van der Waals surface area contributed by atoms with Crippen LogP contribution in [0.4, 0.5) is 10.5 Å². The minimum Gasteiger partial charge on any atom is -0.375 e. The van der Waals surface area contributed by atoms with Gasteiger partial charge in [-0.15, -0.1) is 0 Å². The SMILES string of the molecule is CCC1(CC)NC(=O)N(CC(=O)NCCCN(C)c2ccccc2)C1=O. The Morgan fingerprint density at radius 2 is 1.85 bits per heavy atom. The standard InChI is InChI=1S/C19H28N4O3/c1-4-19(5-2)17(25)23(18(26)21-19)14-16(24)20-12-9-13-22(3)15-10-7-6-8-11-15/h6-8,10-11H,4-5,9,12-14H2,1-3H3,(H,20,24)(H,21,26). The maximum atomic E-state index is 12.5. The van der Waals surface area contributed by atoms with E-state index in [4.69, 9.17) is 0 Å². The number of benzene rings is 1. The molecule has 1 aliphatic heterocycles. The van der Waals surface area contributed by atoms with E-state index in [1.54, 1.807) is 0 Å². The van der Waals surface area contributed by atoms with Crippen LogP contribution in [0.5, 0.6) is 0 Å². The van der Waals surface area contributed by atoms with Crippen LogP contribution in [0.1, 0.15) is 33.1 Å². The molecule has 142 valence electrons.